The highest BCUT2D eigenvalue weighted by Gasteiger charge is 2.21. The average Bonchev–Trinajstić information content (AvgIpc) is 2.93. The van der Waals surface area contributed by atoms with Gasteiger partial charge in [-0.2, -0.15) is 0 Å². The van der Waals surface area contributed by atoms with Crippen molar-refractivity contribution in [1.29, 1.82) is 0 Å². The van der Waals surface area contributed by atoms with Crippen molar-refractivity contribution < 1.29 is 18.4 Å². The van der Waals surface area contributed by atoms with E-state index in [9.17, 15) is 14.0 Å². The molecule has 0 fully saturated rings. The molecule has 0 bridgehead atoms. The number of furan rings is 1. The number of primary amides is 1. The van der Waals surface area contributed by atoms with Crippen molar-refractivity contribution in [1.82, 2.24) is 0 Å². The largest absolute Gasteiger partial charge is 0.449 e. The quantitative estimate of drug-likeness (QED) is 0.605. The van der Waals surface area contributed by atoms with Gasteiger partial charge in [-0.25, -0.2) is 4.39 Å². The third kappa shape index (κ3) is 3.38. The minimum atomic E-state index is -0.831. The number of hydrogen-bond donors (Lipinski definition) is 2. The summed E-state index contributed by atoms with van der Waals surface area (Å²) in [7, 11) is 0. The van der Waals surface area contributed by atoms with Gasteiger partial charge >= 0.3 is 0 Å². The van der Waals surface area contributed by atoms with Crippen LogP contribution in [0.3, 0.4) is 0 Å². The zero-order chi connectivity index (χ0) is 18.1. The number of fused-ring (bicyclic) bond motifs is 1. The lowest BCUT2D eigenvalue weighted by molar-refractivity contribution is 0.0977. The van der Waals surface area contributed by atoms with Crippen LogP contribution in [0.1, 0.15) is 26.5 Å². The Hall–Kier alpha value is -2.38. The highest BCUT2D eigenvalue weighted by Crippen LogP contribution is 2.33. The van der Waals surface area contributed by atoms with Crippen LogP contribution in [0.2, 0.25) is 5.02 Å². The van der Waals surface area contributed by atoms with Crippen LogP contribution in [0, 0.1) is 5.82 Å². The van der Waals surface area contributed by atoms with Gasteiger partial charge in [0.05, 0.1) is 0 Å². The average molecular weight is 426 g/mol. The number of benzene rings is 2. The number of carbonyl (C=O) groups is 2. The summed E-state index contributed by atoms with van der Waals surface area (Å²) < 4.78 is 19.0. The Labute approximate surface area is 155 Å². The van der Waals surface area contributed by atoms with Gasteiger partial charge in [0.15, 0.2) is 0 Å². The van der Waals surface area contributed by atoms with E-state index in [-0.39, 0.29) is 22.3 Å². The summed E-state index contributed by atoms with van der Waals surface area (Å²) in [6, 6.07) is 8.69. The molecule has 0 unspecified atom stereocenters. The molecule has 8 heteroatoms. The second kappa shape index (κ2) is 6.85. The Balaban J connectivity index is 2.03. The molecule has 0 saturated carbocycles. The summed E-state index contributed by atoms with van der Waals surface area (Å²) in [5.74, 6) is -1.96. The van der Waals surface area contributed by atoms with E-state index >= 15 is 0 Å². The van der Waals surface area contributed by atoms with Gasteiger partial charge in [-0.1, -0.05) is 27.5 Å². The number of anilines is 1. The van der Waals surface area contributed by atoms with E-state index in [2.05, 4.69) is 21.2 Å². The molecule has 128 valence electrons. The predicted molar refractivity (Wildman–Crippen MR) is 96.7 cm³/mol. The number of nitrogens with one attached hydrogen (secondary N) is 1. The van der Waals surface area contributed by atoms with E-state index in [4.69, 9.17) is 21.8 Å². The Morgan fingerprint density at radius 3 is 2.68 bits per heavy atom. The number of amides is 2. The molecule has 2 aromatic carbocycles. The van der Waals surface area contributed by atoms with Crippen LogP contribution in [0.25, 0.3) is 11.0 Å². The lowest BCUT2D eigenvalue weighted by atomic mass is 10.1. The van der Waals surface area contributed by atoms with Gasteiger partial charge in [0.25, 0.3) is 11.8 Å². The number of alkyl halides is 1. The molecule has 25 heavy (non-hydrogen) atoms. The second-order valence-corrected chi connectivity index (χ2v) is 6.20. The molecular formula is C17H11BrClFN2O3. The van der Waals surface area contributed by atoms with Gasteiger partial charge < -0.3 is 15.5 Å². The lowest BCUT2D eigenvalue weighted by Crippen LogP contribution is -2.17. The number of hydrogen-bond acceptors (Lipinski definition) is 3. The molecule has 1 aromatic heterocycles. The second-order valence-electron chi connectivity index (χ2n) is 5.20. The Kier molecular flexibility index (Phi) is 4.78. The van der Waals surface area contributed by atoms with E-state index in [1.807, 2.05) is 0 Å². The molecule has 0 aliphatic carbocycles. The first-order valence-electron chi connectivity index (χ1n) is 7.08. The van der Waals surface area contributed by atoms with E-state index in [0.717, 1.165) is 0 Å². The highest BCUT2D eigenvalue weighted by molar-refractivity contribution is 9.08. The summed E-state index contributed by atoms with van der Waals surface area (Å²) in [4.78, 5) is 24.1. The molecule has 3 aromatic rings. The topological polar surface area (TPSA) is 85.3 Å². The molecule has 5 nitrogen and oxygen atoms in total. The lowest BCUT2D eigenvalue weighted by Gasteiger charge is -2.07. The maximum absolute atomic E-state index is 13.6. The Morgan fingerprint density at radius 1 is 1.24 bits per heavy atom. The Bertz CT molecular complexity index is 1000. The van der Waals surface area contributed by atoms with Crippen molar-refractivity contribution in [3.63, 3.8) is 0 Å². The molecule has 0 saturated heterocycles. The predicted octanol–water partition coefficient (Wildman–Crippen LogP) is 4.47. The monoisotopic (exact) mass is 424 g/mol. The Morgan fingerprint density at radius 2 is 2.00 bits per heavy atom. The van der Waals surface area contributed by atoms with Crippen LogP contribution >= 0.6 is 27.5 Å². The van der Waals surface area contributed by atoms with Crippen LogP contribution < -0.4 is 11.1 Å². The fourth-order valence-electron chi connectivity index (χ4n) is 2.37. The highest BCUT2D eigenvalue weighted by atomic mass is 79.9. The molecule has 3 rings (SSSR count). The number of halogens is 3. The van der Waals surface area contributed by atoms with Gasteiger partial charge in [-0.05, 0) is 35.9 Å². The standard InChI is InChI=1S/C17H11BrClFN2O3/c18-7-9-5-8(1-4-12(9)20)17(24)22-14-11-3-2-10(19)6-13(11)25-15(14)16(21)23/h1-6H,7H2,(H2,21,23)(H,22,24). The fraction of sp³-hybridized carbons (Fsp3) is 0.0588. The number of nitrogens with two attached hydrogens (primary N) is 1. The summed E-state index contributed by atoms with van der Waals surface area (Å²) in [6.45, 7) is 0. The minimum absolute atomic E-state index is 0.147. The summed E-state index contributed by atoms with van der Waals surface area (Å²) >= 11 is 9.07. The zero-order valence-electron chi connectivity index (χ0n) is 12.6. The van der Waals surface area contributed by atoms with Gasteiger partial charge in [-0.3, -0.25) is 9.59 Å². The number of rotatable bonds is 4. The maximum atomic E-state index is 13.6. The SMILES string of the molecule is NC(=O)c1oc2cc(Cl)ccc2c1NC(=O)c1ccc(F)c(CBr)c1. The first-order chi connectivity index (χ1) is 11.9. The van der Waals surface area contributed by atoms with Crippen LogP contribution in [0.4, 0.5) is 10.1 Å². The molecule has 1 heterocycles. The summed E-state index contributed by atoms with van der Waals surface area (Å²) in [5.41, 5.74) is 6.36. The van der Waals surface area contributed by atoms with Crippen molar-refractivity contribution in [3.05, 3.63) is 64.1 Å². The normalized spacial score (nSPS) is 10.8. The molecule has 0 aliphatic rings. The fourth-order valence-corrected chi connectivity index (χ4v) is 2.96. The van der Waals surface area contributed by atoms with E-state index < -0.39 is 17.6 Å². The van der Waals surface area contributed by atoms with Gasteiger partial charge in [-0.15, -0.1) is 0 Å². The first kappa shape index (κ1) is 17.4. The van der Waals surface area contributed by atoms with E-state index in [1.165, 1.54) is 24.3 Å². The molecule has 3 N–H and O–H groups in total. The molecule has 0 aliphatic heterocycles. The van der Waals surface area contributed by atoms with Crippen LogP contribution in [-0.4, -0.2) is 11.8 Å². The van der Waals surface area contributed by atoms with E-state index in [1.54, 1.807) is 12.1 Å². The molecule has 0 radical (unpaired) electrons. The van der Waals surface area contributed by atoms with Crippen molar-refractivity contribution in [2.45, 2.75) is 5.33 Å². The van der Waals surface area contributed by atoms with Crippen molar-refractivity contribution in [2.24, 2.45) is 5.73 Å². The molecule has 2 amide bonds. The van der Waals surface area contributed by atoms with Gasteiger partial charge in [0.2, 0.25) is 5.76 Å². The molecular weight excluding hydrogens is 415 g/mol. The first-order valence-corrected chi connectivity index (χ1v) is 8.58. The number of carbonyl (C=O) groups excluding carboxylic acids is 2. The van der Waals surface area contributed by atoms with Gasteiger partial charge in [0.1, 0.15) is 17.1 Å². The van der Waals surface area contributed by atoms with Crippen molar-refractivity contribution in [2.75, 3.05) is 5.32 Å². The zero-order valence-corrected chi connectivity index (χ0v) is 14.9. The summed E-state index contributed by atoms with van der Waals surface area (Å²) in [5, 5.41) is 3.76. The molecule has 0 atom stereocenters. The van der Waals surface area contributed by atoms with Crippen LogP contribution in [0.5, 0.6) is 0 Å². The maximum Gasteiger partial charge on any atom is 0.286 e. The van der Waals surface area contributed by atoms with Gasteiger partial charge in [0, 0.05) is 27.4 Å². The third-order valence-corrected chi connectivity index (χ3v) is 4.41. The minimum Gasteiger partial charge on any atom is -0.449 e. The third-order valence-electron chi connectivity index (χ3n) is 3.57. The summed E-state index contributed by atoms with van der Waals surface area (Å²) in [6.07, 6.45) is 0. The van der Waals surface area contributed by atoms with Crippen molar-refractivity contribution in [3.8, 4) is 0 Å². The van der Waals surface area contributed by atoms with Crippen molar-refractivity contribution >= 4 is 56.0 Å². The van der Waals surface area contributed by atoms with E-state index in [0.29, 0.717) is 21.6 Å². The smallest absolute Gasteiger partial charge is 0.286 e. The molecule has 0 spiro atoms. The van der Waals surface area contributed by atoms with Crippen LogP contribution in [-0.2, 0) is 5.33 Å². The van der Waals surface area contributed by atoms with Crippen LogP contribution in [0.15, 0.2) is 40.8 Å².